The van der Waals surface area contributed by atoms with E-state index in [0.29, 0.717) is 13.0 Å². The van der Waals surface area contributed by atoms with Crippen molar-refractivity contribution in [3.05, 3.63) is 62.5 Å². The molecule has 2 aromatic heterocycles. The molecular weight excluding hydrogens is 420 g/mol. The number of carbonyl (C=O) groups is 1. The van der Waals surface area contributed by atoms with Gasteiger partial charge in [-0.15, -0.1) is 11.3 Å². The second-order valence-electron chi connectivity index (χ2n) is 9.03. The molecule has 0 saturated carbocycles. The van der Waals surface area contributed by atoms with Crippen LogP contribution >= 0.6 is 11.3 Å². The standard InChI is InChI=1S/C25H30N4O2S/c1-18-5-4-6-19(15-18)16-27-11-13-28(14-12-27)22(30)9-10-29-17-26-24-23(25(29)31)20-7-2-3-8-21(20)32-24/h4-6,15,17H,2-3,7-14,16H2,1H3. The van der Waals surface area contributed by atoms with Crippen LogP contribution in [0, 0.1) is 6.92 Å². The van der Waals surface area contributed by atoms with Crippen LogP contribution in [0.2, 0.25) is 0 Å². The van der Waals surface area contributed by atoms with Gasteiger partial charge in [0, 0.05) is 50.6 Å². The van der Waals surface area contributed by atoms with Crippen LogP contribution in [0.1, 0.15) is 40.8 Å². The Labute approximate surface area is 192 Å². The molecule has 1 aliphatic carbocycles. The third kappa shape index (κ3) is 4.36. The van der Waals surface area contributed by atoms with Gasteiger partial charge in [0.2, 0.25) is 5.91 Å². The number of hydrogen-bond donors (Lipinski definition) is 0. The van der Waals surface area contributed by atoms with Crippen LogP contribution in [0.15, 0.2) is 35.4 Å². The lowest BCUT2D eigenvalue weighted by molar-refractivity contribution is -0.133. The quantitative estimate of drug-likeness (QED) is 0.598. The molecule has 2 aliphatic rings. The summed E-state index contributed by atoms with van der Waals surface area (Å²) < 4.78 is 1.63. The van der Waals surface area contributed by atoms with Gasteiger partial charge in [0.15, 0.2) is 0 Å². The van der Waals surface area contributed by atoms with Crippen molar-refractivity contribution in [3.8, 4) is 0 Å². The topological polar surface area (TPSA) is 58.4 Å². The van der Waals surface area contributed by atoms with E-state index in [9.17, 15) is 9.59 Å². The SMILES string of the molecule is Cc1cccc(CN2CCN(C(=O)CCn3cnc4sc5c(c4c3=O)CCCC5)CC2)c1. The lowest BCUT2D eigenvalue weighted by Crippen LogP contribution is -2.48. The van der Waals surface area contributed by atoms with Crippen LogP contribution in [0.4, 0.5) is 0 Å². The van der Waals surface area contributed by atoms with Crippen molar-refractivity contribution in [1.29, 1.82) is 0 Å². The molecule has 7 heteroatoms. The Balaban J connectivity index is 1.18. The van der Waals surface area contributed by atoms with Gasteiger partial charge < -0.3 is 4.90 Å². The number of fused-ring (bicyclic) bond motifs is 3. The Morgan fingerprint density at radius 2 is 1.94 bits per heavy atom. The first-order chi connectivity index (χ1) is 15.6. The zero-order valence-corrected chi connectivity index (χ0v) is 19.5. The molecule has 0 spiro atoms. The predicted octanol–water partition coefficient (Wildman–Crippen LogP) is 3.38. The summed E-state index contributed by atoms with van der Waals surface area (Å²) in [5.41, 5.74) is 3.83. The second-order valence-corrected chi connectivity index (χ2v) is 10.1. The van der Waals surface area contributed by atoms with Crippen molar-refractivity contribution in [1.82, 2.24) is 19.4 Å². The molecule has 1 saturated heterocycles. The molecule has 168 valence electrons. The van der Waals surface area contributed by atoms with Crippen molar-refractivity contribution in [2.75, 3.05) is 26.2 Å². The van der Waals surface area contributed by atoms with Gasteiger partial charge in [-0.1, -0.05) is 29.8 Å². The number of hydrogen-bond acceptors (Lipinski definition) is 5. The summed E-state index contributed by atoms with van der Waals surface area (Å²) in [5.74, 6) is 0.125. The highest BCUT2D eigenvalue weighted by Gasteiger charge is 2.23. The molecular formula is C25H30N4O2S. The maximum atomic E-state index is 13.1. The first-order valence-electron chi connectivity index (χ1n) is 11.6. The van der Waals surface area contributed by atoms with Gasteiger partial charge in [0.25, 0.3) is 5.56 Å². The number of carbonyl (C=O) groups excluding carboxylic acids is 1. The summed E-state index contributed by atoms with van der Waals surface area (Å²) in [6, 6.07) is 8.61. The first-order valence-corrected chi connectivity index (χ1v) is 12.5. The van der Waals surface area contributed by atoms with Gasteiger partial charge in [-0.05, 0) is 43.7 Å². The van der Waals surface area contributed by atoms with Gasteiger partial charge in [0.05, 0.1) is 11.7 Å². The monoisotopic (exact) mass is 450 g/mol. The summed E-state index contributed by atoms with van der Waals surface area (Å²) in [6.45, 7) is 6.70. The zero-order valence-electron chi connectivity index (χ0n) is 18.7. The van der Waals surface area contributed by atoms with Crippen molar-refractivity contribution >= 4 is 27.5 Å². The minimum atomic E-state index is 0.0187. The number of rotatable bonds is 5. The lowest BCUT2D eigenvalue weighted by atomic mass is 9.97. The highest BCUT2D eigenvalue weighted by molar-refractivity contribution is 7.18. The van der Waals surface area contributed by atoms with Gasteiger partial charge in [0.1, 0.15) is 4.83 Å². The van der Waals surface area contributed by atoms with Crippen molar-refractivity contribution in [3.63, 3.8) is 0 Å². The summed E-state index contributed by atoms with van der Waals surface area (Å²) in [6.07, 6.45) is 6.34. The molecule has 1 aliphatic heterocycles. The van der Waals surface area contributed by atoms with Gasteiger partial charge in [-0.3, -0.25) is 19.1 Å². The third-order valence-corrected chi connectivity index (χ3v) is 7.92. The summed E-state index contributed by atoms with van der Waals surface area (Å²) >= 11 is 1.67. The maximum absolute atomic E-state index is 13.1. The Hall–Kier alpha value is -2.51. The number of benzene rings is 1. The van der Waals surface area contributed by atoms with Crippen molar-refractivity contribution in [2.24, 2.45) is 0 Å². The van der Waals surface area contributed by atoms with Gasteiger partial charge in [-0.2, -0.15) is 0 Å². The van der Waals surface area contributed by atoms with Crippen LogP contribution in [-0.2, 0) is 30.7 Å². The predicted molar refractivity (Wildman–Crippen MR) is 128 cm³/mol. The fourth-order valence-electron chi connectivity index (χ4n) is 4.94. The Morgan fingerprint density at radius 1 is 1.12 bits per heavy atom. The van der Waals surface area contributed by atoms with Crippen LogP contribution in [0.3, 0.4) is 0 Å². The molecule has 1 fully saturated rings. The average molecular weight is 451 g/mol. The van der Waals surface area contributed by atoms with Crippen LogP contribution in [-0.4, -0.2) is 51.4 Å². The summed E-state index contributed by atoms with van der Waals surface area (Å²) in [4.78, 5) is 37.0. The molecule has 0 N–H and O–H groups in total. The van der Waals surface area contributed by atoms with E-state index in [1.165, 1.54) is 28.0 Å². The van der Waals surface area contributed by atoms with E-state index in [4.69, 9.17) is 0 Å². The zero-order chi connectivity index (χ0) is 22.1. The summed E-state index contributed by atoms with van der Waals surface area (Å²) in [5, 5.41) is 0.796. The largest absolute Gasteiger partial charge is 0.340 e. The van der Waals surface area contributed by atoms with E-state index >= 15 is 0 Å². The third-order valence-electron chi connectivity index (χ3n) is 6.72. The molecule has 0 radical (unpaired) electrons. The van der Waals surface area contributed by atoms with Crippen molar-refractivity contribution < 1.29 is 4.79 Å². The Kier molecular flexibility index (Phi) is 6.11. The fraction of sp³-hybridized carbons (Fsp3) is 0.480. The van der Waals surface area contributed by atoms with Gasteiger partial charge >= 0.3 is 0 Å². The van der Waals surface area contributed by atoms with E-state index < -0.39 is 0 Å². The van der Waals surface area contributed by atoms with Crippen LogP contribution in [0.25, 0.3) is 10.2 Å². The smallest absolute Gasteiger partial charge is 0.262 e. The molecule has 1 aromatic carbocycles. The Bertz CT molecular complexity index is 1190. The van der Waals surface area contributed by atoms with Gasteiger partial charge in [-0.25, -0.2) is 4.98 Å². The van der Waals surface area contributed by atoms with E-state index in [1.807, 2.05) is 4.90 Å². The number of amides is 1. The fourth-order valence-corrected chi connectivity index (χ4v) is 6.16. The molecule has 3 heterocycles. The number of aryl methyl sites for hydroxylation is 4. The van der Waals surface area contributed by atoms with Crippen molar-refractivity contribution in [2.45, 2.75) is 52.1 Å². The highest BCUT2D eigenvalue weighted by atomic mass is 32.1. The number of nitrogens with zero attached hydrogens (tertiary/aromatic N) is 4. The van der Waals surface area contributed by atoms with Crippen LogP contribution < -0.4 is 5.56 Å². The molecule has 0 unspecified atom stereocenters. The minimum Gasteiger partial charge on any atom is -0.340 e. The van der Waals surface area contributed by atoms with E-state index in [2.05, 4.69) is 41.1 Å². The molecule has 0 atom stereocenters. The lowest BCUT2D eigenvalue weighted by Gasteiger charge is -2.35. The molecule has 32 heavy (non-hydrogen) atoms. The molecule has 1 amide bonds. The summed E-state index contributed by atoms with van der Waals surface area (Å²) in [7, 11) is 0. The molecule has 3 aromatic rings. The number of thiophene rings is 1. The Morgan fingerprint density at radius 3 is 2.75 bits per heavy atom. The average Bonchev–Trinajstić information content (AvgIpc) is 3.18. The minimum absolute atomic E-state index is 0.0187. The van der Waals surface area contributed by atoms with Crippen LogP contribution in [0.5, 0.6) is 0 Å². The number of aromatic nitrogens is 2. The first kappa shape index (κ1) is 21.3. The maximum Gasteiger partial charge on any atom is 0.262 e. The normalized spacial score (nSPS) is 17.0. The molecule has 6 nitrogen and oxygen atoms in total. The second kappa shape index (κ2) is 9.16. The molecule has 5 rings (SSSR count). The van der Waals surface area contributed by atoms with E-state index in [1.54, 1.807) is 22.2 Å². The highest BCUT2D eigenvalue weighted by Crippen LogP contribution is 2.33. The van der Waals surface area contributed by atoms with E-state index in [-0.39, 0.29) is 11.5 Å². The number of piperazine rings is 1. The molecule has 0 bridgehead atoms. The van der Waals surface area contributed by atoms with E-state index in [0.717, 1.165) is 62.2 Å².